The Morgan fingerprint density at radius 2 is 2.60 bits per heavy atom. The number of carbonyl (C=O) groups excluding carboxylic acids is 1. The van der Waals surface area contributed by atoms with E-state index in [0.29, 0.717) is 11.3 Å². The highest BCUT2D eigenvalue weighted by Crippen LogP contribution is 2.07. The molecule has 1 aliphatic heterocycles. The first kappa shape index (κ1) is 10.2. The fourth-order valence-electron chi connectivity index (χ4n) is 1.75. The van der Waals surface area contributed by atoms with Crippen LogP contribution in [-0.2, 0) is 0 Å². The predicted octanol–water partition coefficient (Wildman–Crippen LogP) is 0.465. The molecule has 1 aliphatic rings. The van der Waals surface area contributed by atoms with Crippen LogP contribution in [0.3, 0.4) is 0 Å². The van der Waals surface area contributed by atoms with Gasteiger partial charge in [-0.2, -0.15) is 0 Å². The maximum absolute atomic E-state index is 11.8. The van der Waals surface area contributed by atoms with E-state index in [2.05, 4.69) is 15.8 Å². The van der Waals surface area contributed by atoms with Gasteiger partial charge in [0, 0.05) is 12.6 Å². The Hall–Kier alpha value is -1.36. The molecule has 0 radical (unpaired) electrons. The molecule has 1 aromatic heterocycles. The fraction of sp³-hybridized carbons (Fsp3) is 0.600. The number of amides is 1. The summed E-state index contributed by atoms with van der Waals surface area (Å²) >= 11 is 0. The third kappa shape index (κ3) is 2.36. The van der Waals surface area contributed by atoms with Crippen molar-refractivity contribution in [1.82, 2.24) is 15.8 Å². The van der Waals surface area contributed by atoms with Crippen molar-refractivity contribution < 1.29 is 9.32 Å². The Labute approximate surface area is 88.2 Å². The van der Waals surface area contributed by atoms with E-state index in [4.69, 9.17) is 4.52 Å². The van der Waals surface area contributed by atoms with Gasteiger partial charge in [-0.15, -0.1) is 0 Å². The minimum absolute atomic E-state index is 0.0950. The molecule has 2 heterocycles. The number of piperidine rings is 1. The molecule has 5 heteroatoms. The lowest BCUT2D eigenvalue weighted by atomic mass is 10.1. The second-order valence-corrected chi connectivity index (χ2v) is 3.81. The zero-order chi connectivity index (χ0) is 10.7. The van der Waals surface area contributed by atoms with Crippen LogP contribution in [0.15, 0.2) is 10.7 Å². The van der Waals surface area contributed by atoms with Gasteiger partial charge in [-0.1, -0.05) is 5.16 Å². The number of carbonyl (C=O) groups is 1. The SMILES string of the molecule is Cc1oncc1C(=O)N[C@H]1CCCNC1. The Kier molecular flexibility index (Phi) is 3.01. The van der Waals surface area contributed by atoms with Crippen molar-refractivity contribution >= 4 is 5.91 Å². The third-order valence-corrected chi connectivity index (χ3v) is 2.63. The molecule has 2 rings (SSSR count). The molecular weight excluding hydrogens is 194 g/mol. The number of aromatic nitrogens is 1. The molecule has 0 aliphatic carbocycles. The van der Waals surface area contributed by atoms with Crippen molar-refractivity contribution in [3.8, 4) is 0 Å². The number of nitrogens with zero attached hydrogens (tertiary/aromatic N) is 1. The van der Waals surface area contributed by atoms with E-state index in [-0.39, 0.29) is 11.9 Å². The van der Waals surface area contributed by atoms with Crippen LogP contribution < -0.4 is 10.6 Å². The van der Waals surface area contributed by atoms with E-state index < -0.39 is 0 Å². The zero-order valence-corrected chi connectivity index (χ0v) is 8.75. The summed E-state index contributed by atoms with van der Waals surface area (Å²) in [6.45, 7) is 3.62. The fourth-order valence-corrected chi connectivity index (χ4v) is 1.75. The highest BCUT2D eigenvalue weighted by atomic mass is 16.5. The van der Waals surface area contributed by atoms with E-state index in [0.717, 1.165) is 25.9 Å². The molecular formula is C10H15N3O2. The Morgan fingerprint density at radius 3 is 3.20 bits per heavy atom. The lowest BCUT2D eigenvalue weighted by molar-refractivity contribution is 0.0929. The van der Waals surface area contributed by atoms with Crippen LogP contribution in [0.2, 0.25) is 0 Å². The standard InChI is InChI=1S/C10H15N3O2/c1-7-9(6-12-15-7)10(14)13-8-3-2-4-11-5-8/h6,8,11H,2-5H2,1H3,(H,13,14)/t8-/m0/s1. The van der Waals surface area contributed by atoms with Gasteiger partial charge in [-0.3, -0.25) is 4.79 Å². The van der Waals surface area contributed by atoms with Crippen LogP contribution >= 0.6 is 0 Å². The van der Waals surface area contributed by atoms with Crippen LogP contribution in [0.5, 0.6) is 0 Å². The van der Waals surface area contributed by atoms with Gasteiger partial charge in [0.1, 0.15) is 11.3 Å². The number of nitrogens with one attached hydrogen (secondary N) is 2. The molecule has 15 heavy (non-hydrogen) atoms. The summed E-state index contributed by atoms with van der Waals surface area (Å²) in [5.41, 5.74) is 0.528. The minimum Gasteiger partial charge on any atom is -0.361 e. The van der Waals surface area contributed by atoms with E-state index in [1.54, 1.807) is 6.92 Å². The Morgan fingerprint density at radius 1 is 1.73 bits per heavy atom. The van der Waals surface area contributed by atoms with Crippen molar-refractivity contribution in [3.05, 3.63) is 17.5 Å². The van der Waals surface area contributed by atoms with E-state index in [1.165, 1.54) is 6.20 Å². The molecule has 82 valence electrons. The summed E-state index contributed by atoms with van der Waals surface area (Å²) in [5, 5.41) is 9.79. The van der Waals surface area contributed by atoms with Gasteiger partial charge in [0.15, 0.2) is 0 Å². The Balaban J connectivity index is 1.94. The second kappa shape index (κ2) is 4.44. The molecule has 1 fully saturated rings. The van der Waals surface area contributed by atoms with Crippen LogP contribution in [0.4, 0.5) is 0 Å². The normalized spacial score (nSPS) is 21.3. The lowest BCUT2D eigenvalue weighted by Crippen LogP contribution is -2.45. The highest BCUT2D eigenvalue weighted by molar-refractivity contribution is 5.94. The smallest absolute Gasteiger partial charge is 0.256 e. The molecule has 0 aromatic carbocycles. The summed E-state index contributed by atoms with van der Waals surface area (Å²) in [5.74, 6) is 0.471. The van der Waals surface area contributed by atoms with Crippen LogP contribution in [0.1, 0.15) is 29.0 Å². The summed E-state index contributed by atoms with van der Waals surface area (Å²) in [6.07, 6.45) is 3.59. The summed E-state index contributed by atoms with van der Waals surface area (Å²) < 4.78 is 4.85. The molecule has 1 amide bonds. The average Bonchev–Trinajstić information content (AvgIpc) is 2.66. The van der Waals surface area contributed by atoms with Gasteiger partial charge < -0.3 is 15.2 Å². The van der Waals surface area contributed by atoms with Gasteiger partial charge in [0.05, 0.1) is 6.20 Å². The molecule has 1 aromatic rings. The van der Waals surface area contributed by atoms with Gasteiger partial charge in [-0.05, 0) is 26.3 Å². The van der Waals surface area contributed by atoms with E-state index >= 15 is 0 Å². The lowest BCUT2D eigenvalue weighted by Gasteiger charge is -2.23. The van der Waals surface area contributed by atoms with E-state index in [9.17, 15) is 4.79 Å². The molecule has 0 unspecified atom stereocenters. The minimum atomic E-state index is -0.0950. The first-order valence-electron chi connectivity index (χ1n) is 5.20. The van der Waals surface area contributed by atoms with Crippen LogP contribution in [0, 0.1) is 6.92 Å². The molecule has 1 atom stereocenters. The Bertz CT molecular complexity index is 342. The van der Waals surface area contributed by atoms with Gasteiger partial charge in [0.2, 0.25) is 0 Å². The van der Waals surface area contributed by atoms with Crippen molar-refractivity contribution in [1.29, 1.82) is 0 Å². The van der Waals surface area contributed by atoms with Crippen molar-refractivity contribution in [2.24, 2.45) is 0 Å². The van der Waals surface area contributed by atoms with Crippen molar-refractivity contribution in [2.45, 2.75) is 25.8 Å². The van der Waals surface area contributed by atoms with Crippen molar-refractivity contribution in [3.63, 3.8) is 0 Å². The maximum Gasteiger partial charge on any atom is 0.256 e. The van der Waals surface area contributed by atoms with Gasteiger partial charge in [0.25, 0.3) is 5.91 Å². The third-order valence-electron chi connectivity index (χ3n) is 2.63. The molecule has 0 bridgehead atoms. The first-order valence-corrected chi connectivity index (χ1v) is 5.20. The highest BCUT2D eigenvalue weighted by Gasteiger charge is 2.18. The number of hydrogen-bond donors (Lipinski definition) is 2. The summed E-state index contributed by atoms with van der Waals surface area (Å²) in [7, 11) is 0. The van der Waals surface area contributed by atoms with Gasteiger partial charge in [-0.25, -0.2) is 0 Å². The molecule has 0 saturated carbocycles. The quantitative estimate of drug-likeness (QED) is 0.742. The largest absolute Gasteiger partial charge is 0.361 e. The van der Waals surface area contributed by atoms with Crippen LogP contribution in [-0.4, -0.2) is 30.2 Å². The zero-order valence-electron chi connectivity index (χ0n) is 8.75. The first-order chi connectivity index (χ1) is 7.27. The second-order valence-electron chi connectivity index (χ2n) is 3.81. The molecule has 2 N–H and O–H groups in total. The molecule has 1 saturated heterocycles. The number of aryl methyl sites for hydroxylation is 1. The molecule has 5 nitrogen and oxygen atoms in total. The monoisotopic (exact) mass is 209 g/mol. The number of rotatable bonds is 2. The maximum atomic E-state index is 11.8. The average molecular weight is 209 g/mol. The predicted molar refractivity (Wildman–Crippen MR) is 54.6 cm³/mol. The summed E-state index contributed by atoms with van der Waals surface area (Å²) in [6, 6.07) is 0.223. The summed E-state index contributed by atoms with van der Waals surface area (Å²) in [4.78, 5) is 11.8. The molecule has 0 spiro atoms. The topological polar surface area (TPSA) is 67.2 Å². The number of hydrogen-bond acceptors (Lipinski definition) is 4. The van der Waals surface area contributed by atoms with Crippen LogP contribution in [0.25, 0.3) is 0 Å². The van der Waals surface area contributed by atoms with E-state index in [1.807, 2.05) is 0 Å². The van der Waals surface area contributed by atoms with Gasteiger partial charge >= 0.3 is 0 Å². The van der Waals surface area contributed by atoms with Crippen molar-refractivity contribution in [2.75, 3.05) is 13.1 Å².